The molecule has 0 radical (unpaired) electrons. The number of carbonyl (C=O) groups is 1. The van der Waals surface area contributed by atoms with Crippen molar-refractivity contribution in [2.45, 2.75) is 40.2 Å². The minimum absolute atomic E-state index is 0.469. The van der Waals surface area contributed by atoms with Gasteiger partial charge in [0.05, 0.1) is 0 Å². The number of nitrogens with one attached hydrogen (secondary N) is 1. The smallest absolute Gasteiger partial charge is 0.421 e. The first-order valence-electron chi connectivity index (χ1n) is 4.14. The maximum atomic E-state index is 10.4. The van der Waals surface area contributed by atoms with Gasteiger partial charge >= 0.3 is 6.09 Å². The van der Waals surface area contributed by atoms with Gasteiger partial charge in [0.25, 0.3) is 0 Å². The molecule has 0 aliphatic rings. The van der Waals surface area contributed by atoms with Gasteiger partial charge in [-0.15, -0.1) is 0 Å². The van der Waals surface area contributed by atoms with Gasteiger partial charge in [0, 0.05) is 0 Å². The fraction of sp³-hybridized carbons (Fsp3) is 0.667. The van der Waals surface area contributed by atoms with Crippen molar-refractivity contribution in [3.63, 3.8) is 0 Å². The largest absolute Gasteiger partial charge is 0.443 e. The van der Waals surface area contributed by atoms with Gasteiger partial charge in [0.1, 0.15) is 5.60 Å². The van der Waals surface area contributed by atoms with Gasteiger partial charge in [-0.25, -0.2) is 10.6 Å². The molecule has 0 aliphatic heterocycles. The molecule has 0 aliphatic carbocycles. The van der Waals surface area contributed by atoms with Crippen LogP contribution in [0.2, 0.25) is 0 Å². The van der Waals surface area contributed by atoms with Crippen molar-refractivity contribution in [2.75, 3.05) is 0 Å². The monoisotopic (exact) mass is 188 g/mol. The van der Waals surface area contributed by atoms with Crippen molar-refractivity contribution < 1.29 is 9.53 Å². The highest BCUT2D eigenvalue weighted by atomic mass is 16.6. The molecule has 0 atom stereocenters. The topological polar surface area (TPSA) is 64.3 Å². The van der Waals surface area contributed by atoms with Crippen molar-refractivity contribution in [1.82, 2.24) is 5.43 Å². The van der Waals surface area contributed by atoms with Crippen LogP contribution in [-0.2, 0) is 4.74 Å². The summed E-state index contributed by atoms with van der Waals surface area (Å²) in [4.78, 5) is 10.4. The van der Waals surface area contributed by atoms with Crippen LogP contribution in [0.5, 0.6) is 0 Å². The number of nitrogens with two attached hydrogens (primary N) is 1. The van der Waals surface area contributed by atoms with Crippen LogP contribution in [0.15, 0.2) is 12.2 Å². The summed E-state index contributed by atoms with van der Waals surface area (Å²) >= 11 is 0. The lowest BCUT2D eigenvalue weighted by Crippen LogP contribution is -2.36. The number of hydrazine groups is 1. The first-order valence-corrected chi connectivity index (χ1v) is 4.14. The molecule has 0 saturated carbocycles. The van der Waals surface area contributed by atoms with Gasteiger partial charge in [-0.2, -0.15) is 0 Å². The van der Waals surface area contributed by atoms with Crippen molar-refractivity contribution in [3.05, 3.63) is 12.2 Å². The lowest BCUT2D eigenvalue weighted by atomic mass is 10.2. The van der Waals surface area contributed by atoms with E-state index in [0.717, 1.165) is 0 Å². The zero-order chi connectivity index (χ0) is 10.9. The molecule has 0 saturated heterocycles. The molecule has 0 rings (SSSR count). The van der Waals surface area contributed by atoms with E-state index in [2.05, 4.69) is 0 Å². The summed E-state index contributed by atoms with van der Waals surface area (Å²) in [7, 11) is 0. The fourth-order valence-electron chi connectivity index (χ4n) is 0.308. The molecule has 0 aromatic rings. The maximum Gasteiger partial charge on any atom is 0.421 e. The third kappa shape index (κ3) is 18.2. The highest BCUT2D eigenvalue weighted by Gasteiger charge is 2.14. The van der Waals surface area contributed by atoms with E-state index < -0.39 is 11.7 Å². The number of hydrogen-bond donors (Lipinski definition) is 2. The van der Waals surface area contributed by atoms with E-state index in [4.69, 9.17) is 10.6 Å². The molecule has 0 heterocycles. The Balaban J connectivity index is 0. The summed E-state index contributed by atoms with van der Waals surface area (Å²) in [6, 6.07) is 0. The lowest BCUT2D eigenvalue weighted by Gasteiger charge is -2.18. The maximum absolute atomic E-state index is 10.4. The molecule has 3 N–H and O–H groups in total. The quantitative estimate of drug-likeness (QED) is 0.264. The molecule has 78 valence electrons. The van der Waals surface area contributed by atoms with Crippen molar-refractivity contribution in [2.24, 2.45) is 5.84 Å². The molecule has 1 amide bonds. The van der Waals surface area contributed by atoms with Crippen LogP contribution < -0.4 is 11.3 Å². The third-order valence-corrected chi connectivity index (χ3v) is 0.850. The average molecular weight is 188 g/mol. The predicted octanol–water partition coefficient (Wildman–Crippen LogP) is 1.97. The van der Waals surface area contributed by atoms with Crippen LogP contribution in [0, 0.1) is 0 Å². The zero-order valence-corrected chi connectivity index (χ0v) is 9.05. The SMILES string of the molecule is CC(C)(C)OC(=O)NN.CC=CC. The van der Waals surface area contributed by atoms with Crippen molar-refractivity contribution in [3.8, 4) is 0 Å². The Morgan fingerprint density at radius 1 is 1.31 bits per heavy atom. The van der Waals surface area contributed by atoms with Gasteiger partial charge in [-0.05, 0) is 34.6 Å². The molecule has 0 aromatic carbocycles. The lowest BCUT2D eigenvalue weighted by molar-refractivity contribution is 0.0527. The zero-order valence-electron chi connectivity index (χ0n) is 9.05. The Kier molecular flexibility index (Phi) is 8.48. The Bertz CT molecular complexity index is 155. The van der Waals surface area contributed by atoms with Gasteiger partial charge < -0.3 is 4.74 Å². The second kappa shape index (κ2) is 7.61. The molecule has 4 heteroatoms. The van der Waals surface area contributed by atoms with E-state index in [-0.39, 0.29) is 0 Å². The average Bonchev–Trinajstić information content (AvgIpc) is 2.02. The van der Waals surface area contributed by atoms with Crippen LogP contribution in [0.3, 0.4) is 0 Å². The predicted molar refractivity (Wildman–Crippen MR) is 54.0 cm³/mol. The highest BCUT2D eigenvalue weighted by Crippen LogP contribution is 2.05. The molecular formula is C9H20N2O2. The summed E-state index contributed by atoms with van der Waals surface area (Å²) in [6.07, 6.45) is 3.39. The third-order valence-electron chi connectivity index (χ3n) is 0.850. The minimum Gasteiger partial charge on any atom is -0.443 e. The number of amides is 1. The van der Waals surface area contributed by atoms with Gasteiger partial charge in [0.15, 0.2) is 0 Å². The Morgan fingerprint density at radius 2 is 1.69 bits per heavy atom. The summed E-state index contributed by atoms with van der Waals surface area (Å²) in [5.41, 5.74) is 1.39. The summed E-state index contributed by atoms with van der Waals surface area (Å²) in [5.74, 6) is 4.75. The normalized spacial score (nSPS) is 10.3. The summed E-state index contributed by atoms with van der Waals surface area (Å²) in [6.45, 7) is 9.30. The van der Waals surface area contributed by atoms with Crippen LogP contribution in [-0.4, -0.2) is 11.7 Å². The van der Waals surface area contributed by atoms with E-state index in [9.17, 15) is 4.79 Å². The van der Waals surface area contributed by atoms with Crippen LogP contribution >= 0.6 is 0 Å². The first-order chi connectivity index (χ1) is 5.87. The molecule has 13 heavy (non-hydrogen) atoms. The van der Waals surface area contributed by atoms with E-state index in [1.165, 1.54) is 0 Å². The Morgan fingerprint density at radius 3 is 1.77 bits per heavy atom. The molecule has 0 unspecified atom stereocenters. The molecule has 0 spiro atoms. The number of carbonyl (C=O) groups excluding carboxylic acids is 1. The number of hydrogen-bond acceptors (Lipinski definition) is 3. The molecule has 0 bridgehead atoms. The molecule has 4 nitrogen and oxygen atoms in total. The second-order valence-electron chi connectivity index (χ2n) is 3.31. The Labute approximate surface area is 80.1 Å². The Hall–Kier alpha value is -1.03. The summed E-state index contributed by atoms with van der Waals surface area (Å²) < 4.78 is 4.71. The van der Waals surface area contributed by atoms with Gasteiger partial charge in [-0.1, -0.05) is 12.2 Å². The minimum atomic E-state index is -0.609. The van der Waals surface area contributed by atoms with E-state index in [1.54, 1.807) is 20.8 Å². The molecular weight excluding hydrogens is 168 g/mol. The number of ether oxygens (including phenoxy) is 1. The van der Waals surface area contributed by atoms with Gasteiger partial charge in [0.2, 0.25) is 0 Å². The second-order valence-corrected chi connectivity index (χ2v) is 3.31. The molecule has 0 fully saturated rings. The number of allylic oxidation sites excluding steroid dienone is 2. The van der Waals surface area contributed by atoms with Crippen molar-refractivity contribution >= 4 is 6.09 Å². The standard InChI is InChI=1S/C5H12N2O2.C4H8/c1-5(2,3)9-4(8)7-6;1-3-4-2/h6H2,1-3H3,(H,7,8);3-4H,1-2H3. The molecule has 0 aromatic heterocycles. The van der Waals surface area contributed by atoms with Crippen LogP contribution in [0.4, 0.5) is 4.79 Å². The fourth-order valence-corrected chi connectivity index (χ4v) is 0.308. The van der Waals surface area contributed by atoms with E-state index >= 15 is 0 Å². The van der Waals surface area contributed by atoms with E-state index in [0.29, 0.717) is 0 Å². The highest BCUT2D eigenvalue weighted by molar-refractivity contribution is 5.66. The van der Waals surface area contributed by atoms with Crippen LogP contribution in [0.1, 0.15) is 34.6 Å². The van der Waals surface area contributed by atoms with Gasteiger partial charge in [-0.3, -0.25) is 5.43 Å². The summed E-state index contributed by atoms with van der Waals surface area (Å²) in [5, 5.41) is 0. The first kappa shape index (κ1) is 14.5. The number of rotatable bonds is 0. The van der Waals surface area contributed by atoms with Crippen molar-refractivity contribution in [1.29, 1.82) is 0 Å². The van der Waals surface area contributed by atoms with Crippen LogP contribution in [0.25, 0.3) is 0 Å². The van der Waals surface area contributed by atoms with E-state index in [1.807, 2.05) is 31.4 Å².